The summed E-state index contributed by atoms with van der Waals surface area (Å²) in [6.07, 6.45) is -0.00492. The van der Waals surface area contributed by atoms with Crippen LogP contribution >= 0.6 is 15.9 Å². The Morgan fingerprint density at radius 2 is 2.24 bits per heavy atom. The molecule has 1 rings (SSSR count). The molecule has 1 aromatic rings. The average molecular weight is 303 g/mol. The highest BCUT2D eigenvalue weighted by Crippen LogP contribution is 2.30. The lowest BCUT2D eigenvalue weighted by atomic mass is 10.2. The third-order valence-corrected chi connectivity index (χ3v) is 3.31. The molecule has 0 aliphatic rings. The summed E-state index contributed by atoms with van der Waals surface area (Å²) < 4.78 is 5.93. The van der Waals surface area contributed by atoms with Gasteiger partial charge in [-0.05, 0) is 25.5 Å². The maximum absolute atomic E-state index is 10.9. The van der Waals surface area contributed by atoms with E-state index < -0.39 is 0 Å². The Labute approximate surface area is 108 Å². The zero-order chi connectivity index (χ0) is 13.0. The number of nitro benzene ring substituents is 1. The second-order valence-corrected chi connectivity index (χ2v) is 4.66. The molecule has 0 aliphatic heterocycles. The van der Waals surface area contributed by atoms with E-state index in [1.54, 1.807) is 19.2 Å². The normalized spacial score (nSPS) is 12.2. The van der Waals surface area contributed by atoms with E-state index in [4.69, 9.17) is 4.74 Å². The molecular weight excluding hydrogens is 288 g/mol. The highest BCUT2D eigenvalue weighted by molar-refractivity contribution is 9.10. The molecule has 17 heavy (non-hydrogen) atoms. The molecule has 1 aromatic carbocycles. The van der Waals surface area contributed by atoms with Crippen molar-refractivity contribution in [2.45, 2.75) is 20.0 Å². The summed E-state index contributed by atoms with van der Waals surface area (Å²) in [6.45, 7) is 4.23. The Kier molecular flexibility index (Phi) is 4.89. The molecule has 1 unspecified atom stereocenters. The van der Waals surface area contributed by atoms with Crippen molar-refractivity contribution in [1.29, 1.82) is 0 Å². The van der Waals surface area contributed by atoms with Gasteiger partial charge in [-0.25, -0.2) is 0 Å². The number of hydrogen-bond donors (Lipinski definition) is 1. The van der Waals surface area contributed by atoms with Gasteiger partial charge in [0, 0.05) is 24.2 Å². The summed E-state index contributed by atoms with van der Waals surface area (Å²) in [5.74, 6) is 0. The van der Waals surface area contributed by atoms with Crippen LogP contribution in [0, 0.1) is 17.0 Å². The van der Waals surface area contributed by atoms with Gasteiger partial charge in [-0.3, -0.25) is 10.1 Å². The molecule has 1 N–H and O–H groups in total. The first kappa shape index (κ1) is 13.9. The fourth-order valence-electron chi connectivity index (χ4n) is 1.30. The molecule has 0 saturated carbocycles. The number of halogens is 1. The number of nitrogens with one attached hydrogen (secondary N) is 1. The number of nitro groups is 1. The zero-order valence-electron chi connectivity index (χ0n) is 9.99. The number of benzene rings is 1. The molecule has 0 heterocycles. The van der Waals surface area contributed by atoms with Crippen LogP contribution in [-0.4, -0.2) is 24.7 Å². The van der Waals surface area contributed by atoms with E-state index in [0.29, 0.717) is 12.2 Å². The van der Waals surface area contributed by atoms with Crippen LogP contribution in [0.1, 0.15) is 12.5 Å². The Hall–Kier alpha value is -1.14. The maximum Gasteiger partial charge on any atom is 0.292 e. The average Bonchev–Trinajstić information content (AvgIpc) is 2.29. The topological polar surface area (TPSA) is 64.4 Å². The van der Waals surface area contributed by atoms with Gasteiger partial charge < -0.3 is 10.1 Å². The third kappa shape index (κ3) is 3.67. The van der Waals surface area contributed by atoms with E-state index in [0.717, 1.165) is 10.0 Å². The fourth-order valence-corrected chi connectivity index (χ4v) is 1.64. The second kappa shape index (κ2) is 5.97. The monoisotopic (exact) mass is 302 g/mol. The summed E-state index contributed by atoms with van der Waals surface area (Å²) in [7, 11) is 1.60. The number of methoxy groups -OCH3 is 1. The van der Waals surface area contributed by atoms with Gasteiger partial charge in [0.25, 0.3) is 5.69 Å². The van der Waals surface area contributed by atoms with Gasteiger partial charge in [0.1, 0.15) is 5.69 Å². The number of ether oxygens (including phenoxy) is 1. The van der Waals surface area contributed by atoms with Gasteiger partial charge in [-0.15, -0.1) is 0 Å². The highest BCUT2D eigenvalue weighted by Gasteiger charge is 2.16. The molecule has 0 amide bonds. The summed E-state index contributed by atoms with van der Waals surface area (Å²) >= 11 is 3.36. The first-order valence-corrected chi connectivity index (χ1v) is 5.96. The van der Waals surface area contributed by atoms with Crippen molar-refractivity contribution in [3.8, 4) is 0 Å². The predicted octanol–water partition coefficient (Wildman–Crippen LogP) is 3.11. The van der Waals surface area contributed by atoms with E-state index in [2.05, 4.69) is 21.2 Å². The molecule has 0 saturated heterocycles. The third-order valence-electron chi connectivity index (χ3n) is 2.46. The molecular formula is C11H15BrN2O3. The molecule has 0 bridgehead atoms. The number of nitrogens with zero attached hydrogens (tertiary/aromatic N) is 1. The molecule has 0 aromatic heterocycles. The highest BCUT2D eigenvalue weighted by atomic mass is 79.9. The van der Waals surface area contributed by atoms with Gasteiger partial charge in [0.05, 0.1) is 11.0 Å². The van der Waals surface area contributed by atoms with E-state index in [-0.39, 0.29) is 16.7 Å². The summed E-state index contributed by atoms with van der Waals surface area (Å²) in [4.78, 5) is 10.5. The standard InChI is InChI=1S/C11H15BrN2O3/c1-7-4-11(14(15)16)10(5-9(7)12)13-6-8(2)17-3/h4-5,8,13H,6H2,1-3H3. The quantitative estimate of drug-likeness (QED) is 0.670. The van der Waals surface area contributed by atoms with Gasteiger partial charge in [0.15, 0.2) is 0 Å². The van der Waals surface area contributed by atoms with E-state index in [1.807, 2.05) is 13.8 Å². The lowest BCUT2D eigenvalue weighted by Gasteiger charge is -2.13. The van der Waals surface area contributed by atoms with Gasteiger partial charge >= 0.3 is 0 Å². The SMILES string of the molecule is COC(C)CNc1cc(Br)c(C)cc1[N+](=O)[O-]. The lowest BCUT2D eigenvalue weighted by molar-refractivity contribution is -0.384. The Morgan fingerprint density at radius 3 is 2.76 bits per heavy atom. The Balaban J connectivity index is 2.96. The van der Waals surface area contributed by atoms with Crippen molar-refractivity contribution >= 4 is 27.3 Å². The minimum absolute atomic E-state index is 0.00492. The summed E-state index contributed by atoms with van der Waals surface area (Å²) in [6, 6.07) is 3.26. The fraction of sp³-hybridized carbons (Fsp3) is 0.455. The first-order chi connectivity index (χ1) is 7.95. The predicted molar refractivity (Wildman–Crippen MR) is 70.5 cm³/mol. The minimum atomic E-state index is -0.390. The smallest absolute Gasteiger partial charge is 0.292 e. The number of hydrogen-bond acceptors (Lipinski definition) is 4. The van der Waals surface area contributed by atoms with Crippen molar-refractivity contribution in [3.05, 3.63) is 32.3 Å². The van der Waals surface area contributed by atoms with E-state index in [9.17, 15) is 10.1 Å². The van der Waals surface area contributed by atoms with Crippen LogP contribution in [-0.2, 0) is 4.74 Å². The van der Waals surface area contributed by atoms with Crippen molar-refractivity contribution in [2.24, 2.45) is 0 Å². The van der Waals surface area contributed by atoms with Crippen molar-refractivity contribution in [1.82, 2.24) is 0 Å². The molecule has 94 valence electrons. The van der Waals surface area contributed by atoms with E-state index in [1.165, 1.54) is 0 Å². The van der Waals surface area contributed by atoms with Gasteiger partial charge in [-0.2, -0.15) is 0 Å². The second-order valence-electron chi connectivity index (χ2n) is 3.80. The van der Waals surface area contributed by atoms with Crippen LogP contribution in [0.3, 0.4) is 0 Å². The molecule has 6 heteroatoms. The Bertz CT molecular complexity index is 423. The zero-order valence-corrected chi connectivity index (χ0v) is 11.6. The maximum atomic E-state index is 10.9. The van der Waals surface area contributed by atoms with Crippen LogP contribution in [0.5, 0.6) is 0 Å². The first-order valence-electron chi connectivity index (χ1n) is 5.17. The molecule has 0 spiro atoms. The molecule has 0 fully saturated rings. The van der Waals surface area contributed by atoms with Gasteiger partial charge in [-0.1, -0.05) is 15.9 Å². The number of anilines is 1. The number of rotatable bonds is 5. The Morgan fingerprint density at radius 1 is 1.59 bits per heavy atom. The summed E-state index contributed by atoms with van der Waals surface area (Å²) in [5.41, 5.74) is 1.41. The number of aryl methyl sites for hydroxylation is 1. The minimum Gasteiger partial charge on any atom is -0.380 e. The van der Waals surface area contributed by atoms with Crippen molar-refractivity contribution in [2.75, 3.05) is 19.0 Å². The molecule has 0 aliphatic carbocycles. The lowest BCUT2D eigenvalue weighted by Crippen LogP contribution is -2.18. The van der Waals surface area contributed by atoms with Crippen LogP contribution in [0.4, 0.5) is 11.4 Å². The van der Waals surface area contributed by atoms with Crippen LogP contribution in [0.15, 0.2) is 16.6 Å². The molecule has 5 nitrogen and oxygen atoms in total. The molecule has 1 atom stereocenters. The molecule has 0 radical (unpaired) electrons. The van der Waals surface area contributed by atoms with Crippen LogP contribution in [0.25, 0.3) is 0 Å². The largest absolute Gasteiger partial charge is 0.380 e. The van der Waals surface area contributed by atoms with E-state index >= 15 is 0 Å². The van der Waals surface area contributed by atoms with Crippen molar-refractivity contribution in [3.63, 3.8) is 0 Å². The van der Waals surface area contributed by atoms with Crippen molar-refractivity contribution < 1.29 is 9.66 Å². The van der Waals surface area contributed by atoms with Gasteiger partial charge in [0.2, 0.25) is 0 Å². The van der Waals surface area contributed by atoms with Crippen LogP contribution in [0.2, 0.25) is 0 Å². The summed E-state index contributed by atoms with van der Waals surface area (Å²) in [5, 5.41) is 13.9. The van der Waals surface area contributed by atoms with Crippen LogP contribution < -0.4 is 5.32 Å².